The number of ether oxygens (including phenoxy) is 1. The molecule has 0 aliphatic rings. The molecule has 0 fully saturated rings. The molecule has 17 heavy (non-hydrogen) atoms. The van der Waals surface area contributed by atoms with Crippen molar-refractivity contribution in [2.45, 2.75) is 24.4 Å². The number of amides is 1. The third-order valence-corrected chi connectivity index (χ3v) is 3.09. The number of hydrogen-bond donors (Lipinski definition) is 2. The molecule has 0 bridgehead atoms. The van der Waals surface area contributed by atoms with E-state index >= 15 is 0 Å². The van der Waals surface area contributed by atoms with Crippen molar-refractivity contribution >= 4 is 17.7 Å². The number of nitrogens with one attached hydrogen (secondary N) is 1. The second-order valence-electron chi connectivity index (χ2n) is 3.42. The highest BCUT2D eigenvalue weighted by molar-refractivity contribution is 7.99. The van der Waals surface area contributed by atoms with Crippen molar-refractivity contribution in [1.29, 1.82) is 0 Å². The van der Waals surface area contributed by atoms with Gasteiger partial charge in [-0.1, -0.05) is 0 Å². The molecule has 102 valence electrons. The Bertz CT molecular complexity index is 234. The monoisotopic (exact) mass is 275 g/mol. The minimum Gasteiger partial charge on any atom is -0.395 e. The van der Waals surface area contributed by atoms with Crippen molar-refractivity contribution in [3.63, 3.8) is 0 Å². The van der Waals surface area contributed by atoms with E-state index in [1.54, 1.807) is 13.2 Å². The molecule has 0 aromatic rings. The number of halogens is 3. The fourth-order valence-corrected chi connectivity index (χ4v) is 1.71. The maximum absolute atomic E-state index is 11.7. The summed E-state index contributed by atoms with van der Waals surface area (Å²) in [6.07, 6.45) is -2.66. The molecular weight excluding hydrogens is 259 g/mol. The van der Waals surface area contributed by atoms with Gasteiger partial charge in [0.25, 0.3) is 0 Å². The average molecular weight is 275 g/mol. The predicted octanol–water partition coefficient (Wildman–Crippen LogP) is 0.794. The van der Waals surface area contributed by atoms with Crippen molar-refractivity contribution in [3.8, 4) is 0 Å². The zero-order valence-corrected chi connectivity index (χ0v) is 10.4. The van der Waals surface area contributed by atoms with Gasteiger partial charge < -0.3 is 15.2 Å². The lowest BCUT2D eigenvalue weighted by molar-refractivity contribution is -0.175. The van der Waals surface area contributed by atoms with Crippen LogP contribution in [0.25, 0.3) is 0 Å². The molecule has 8 heteroatoms. The van der Waals surface area contributed by atoms with E-state index in [-0.39, 0.29) is 17.9 Å². The first-order valence-corrected chi connectivity index (χ1v) is 6.16. The van der Waals surface area contributed by atoms with E-state index in [1.807, 2.05) is 0 Å². The summed E-state index contributed by atoms with van der Waals surface area (Å²) in [5, 5.41) is 11.2. The Hall–Kier alpha value is -0.470. The van der Waals surface area contributed by atoms with Crippen LogP contribution in [0.4, 0.5) is 13.2 Å². The van der Waals surface area contributed by atoms with Crippen molar-refractivity contribution in [3.05, 3.63) is 0 Å². The van der Waals surface area contributed by atoms with E-state index in [0.717, 1.165) is 0 Å². The summed E-state index contributed by atoms with van der Waals surface area (Å²) >= 11 is 1.36. The lowest BCUT2D eigenvalue weighted by Crippen LogP contribution is -2.43. The van der Waals surface area contributed by atoms with E-state index in [1.165, 1.54) is 11.8 Å². The number of aliphatic hydroxyl groups is 1. The summed E-state index contributed by atoms with van der Waals surface area (Å²) in [7, 11) is 0. The number of thioether (sulfide) groups is 1. The molecule has 0 radical (unpaired) electrons. The molecule has 0 aliphatic carbocycles. The summed E-state index contributed by atoms with van der Waals surface area (Å²) in [6.45, 7) is -0.539. The highest BCUT2D eigenvalue weighted by Crippen LogP contribution is 2.14. The SMILES string of the molecule is CSC(CO)C(C)NC(=O)COCC(F)(F)F. The van der Waals surface area contributed by atoms with E-state index in [9.17, 15) is 18.0 Å². The van der Waals surface area contributed by atoms with Gasteiger partial charge >= 0.3 is 6.18 Å². The second kappa shape index (κ2) is 7.78. The molecular formula is C9H16F3NO3S. The zero-order chi connectivity index (χ0) is 13.5. The first-order valence-electron chi connectivity index (χ1n) is 4.87. The van der Waals surface area contributed by atoms with Crippen molar-refractivity contribution in [2.75, 3.05) is 26.1 Å². The first-order chi connectivity index (χ1) is 7.80. The molecule has 2 atom stereocenters. The van der Waals surface area contributed by atoms with Crippen LogP contribution < -0.4 is 5.32 Å². The molecule has 0 aromatic heterocycles. The Morgan fingerprint density at radius 2 is 2.12 bits per heavy atom. The van der Waals surface area contributed by atoms with Gasteiger partial charge in [-0.3, -0.25) is 4.79 Å². The van der Waals surface area contributed by atoms with Crippen molar-refractivity contribution in [2.24, 2.45) is 0 Å². The molecule has 0 spiro atoms. The lowest BCUT2D eigenvalue weighted by Gasteiger charge is -2.21. The van der Waals surface area contributed by atoms with Gasteiger partial charge in [0, 0.05) is 11.3 Å². The largest absolute Gasteiger partial charge is 0.411 e. The minimum atomic E-state index is -4.43. The van der Waals surface area contributed by atoms with E-state index in [2.05, 4.69) is 10.1 Å². The standard InChI is InChI=1S/C9H16F3NO3S/c1-6(7(3-14)17-2)13-8(15)4-16-5-9(10,11)12/h6-7,14H,3-5H2,1-2H3,(H,13,15). The maximum Gasteiger partial charge on any atom is 0.411 e. The summed E-state index contributed by atoms with van der Waals surface area (Å²) in [5.74, 6) is -0.630. The van der Waals surface area contributed by atoms with Crippen LogP contribution in [0.2, 0.25) is 0 Å². The quantitative estimate of drug-likeness (QED) is 0.721. The molecule has 4 nitrogen and oxygen atoms in total. The third-order valence-electron chi connectivity index (χ3n) is 1.93. The lowest BCUT2D eigenvalue weighted by atomic mass is 10.2. The van der Waals surface area contributed by atoms with Crippen LogP contribution in [-0.2, 0) is 9.53 Å². The molecule has 2 unspecified atom stereocenters. The van der Waals surface area contributed by atoms with E-state index in [4.69, 9.17) is 5.11 Å². The van der Waals surface area contributed by atoms with Crippen LogP contribution in [0.3, 0.4) is 0 Å². The predicted molar refractivity (Wildman–Crippen MR) is 58.9 cm³/mol. The summed E-state index contributed by atoms with van der Waals surface area (Å²) in [6, 6.07) is -0.336. The minimum absolute atomic E-state index is 0.119. The fourth-order valence-electron chi connectivity index (χ4n) is 1.08. The normalized spacial score (nSPS) is 15.4. The van der Waals surface area contributed by atoms with Gasteiger partial charge in [-0.2, -0.15) is 24.9 Å². The Balaban J connectivity index is 3.86. The molecule has 0 saturated carbocycles. The highest BCUT2D eigenvalue weighted by atomic mass is 32.2. The van der Waals surface area contributed by atoms with Crippen molar-refractivity contribution in [1.82, 2.24) is 5.32 Å². The second-order valence-corrected chi connectivity index (χ2v) is 4.50. The molecule has 0 saturated heterocycles. The van der Waals surface area contributed by atoms with Gasteiger partial charge in [0.15, 0.2) is 0 Å². The van der Waals surface area contributed by atoms with Crippen LogP contribution in [0, 0.1) is 0 Å². The summed E-state index contributed by atoms with van der Waals surface area (Å²) in [4.78, 5) is 11.2. The van der Waals surface area contributed by atoms with Gasteiger partial charge in [0.05, 0.1) is 6.61 Å². The molecule has 1 amide bonds. The zero-order valence-electron chi connectivity index (χ0n) is 9.58. The van der Waals surface area contributed by atoms with Gasteiger partial charge in [0.1, 0.15) is 13.2 Å². The number of rotatable bonds is 7. The molecule has 2 N–H and O–H groups in total. The topological polar surface area (TPSA) is 58.6 Å². The number of carbonyl (C=O) groups is 1. The number of carbonyl (C=O) groups excluding carboxylic acids is 1. The maximum atomic E-state index is 11.7. The number of aliphatic hydroxyl groups excluding tert-OH is 1. The van der Waals surface area contributed by atoms with Gasteiger partial charge in [0.2, 0.25) is 5.91 Å². The number of alkyl halides is 3. The third kappa shape index (κ3) is 8.28. The van der Waals surface area contributed by atoms with E-state index in [0.29, 0.717) is 0 Å². The van der Waals surface area contributed by atoms with Crippen molar-refractivity contribution < 1.29 is 27.8 Å². The Kier molecular flexibility index (Phi) is 7.56. The molecule has 0 aromatic carbocycles. The summed E-state index contributed by atoms with van der Waals surface area (Å²) in [5.41, 5.74) is 0. The van der Waals surface area contributed by atoms with Crippen LogP contribution in [-0.4, -0.2) is 54.6 Å². The Morgan fingerprint density at radius 1 is 1.53 bits per heavy atom. The average Bonchev–Trinajstić information content (AvgIpc) is 2.17. The molecule has 0 aliphatic heterocycles. The van der Waals surface area contributed by atoms with Gasteiger partial charge in [-0.15, -0.1) is 0 Å². The van der Waals surface area contributed by atoms with Gasteiger partial charge in [-0.25, -0.2) is 0 Å². The fraction of sp³-hybridized carbons (Fsp3) is 0.889. The Labute approximate surface area is 102 Å². The smallest absolute Gasteiger partial charge is 0.395 e. The highest BCUT2D eigenvalue weighted by Gasteiger charge is 2.28. The van der Waals surface area contributed by atoms with Crippen LogP contribution in [0.5, 0.6) is 0 Å². The number of hydrogen-bond acceptors (Lipinski definition) is 4. The van der Waals surface area contributed by atoms with Crippen LogP contribution in [0.15, 0.2) is 0 Å². The summed E-state index contributed by atoms with van der Waals surface area (Å²) < 4.78 is 39.3. The van der Waals surface area contributed by atoms with Crippen LogP contribution >= 0.6 is 11.8 Å². The van der Waals surface area contributed by atoms with Crippen LogP contribution in [0.1, 0.15) is 6.92 Å². The van der Waals surface area contributed by atoms with E-state index < -0.39 is 25.3 Å². The first kappa shape index (κ1) is 16.5. The van der Waals surface area contributed by atoms with Gasteiger partial charge in [-0.05, 0) is 13.2 Å². The Morgan fingerprint density at radius 3 is 2.53 bits per heavy atom. The molecule has 0 heterocycles. The molecule has 0 rings (SSSR count).